The molecule has 1 aliphatic rings. The van der Waals surface area contributed by atoms with Crippen LogP contribution < -0.4 is 5.32 Å². The summed E-state index contributed by atoms with van der Waals surface area (Å²) in [6.07, 6.45) is -2.97. The van der Waals surface area contributed by atoms with Crippen molar-refractivity contribution < 1.29 is 37.4 Å². The van der Waals surface area contributed by atoms with Crippen molar-refractivity contribution in [1.82, 2.24) is 0 Å². The van der Waals surface area contributed by atoms with Crippen molar-refractivity contribution in [2.75, 3.05) is 5.32 Å². The Bertz CT molecular complexity index is 952. The molecular weight excluding hydrogens is 442 g/mol. The van der Waals surface area contributed by atoms with Gasteiger partial charge in [0.25, 0.3) is 0 Å². The van der Waals surface area contributed by atoms with Gasteiger partial charge in [-0.1, -0.05) is 50.2 Å². The lowest BCUT2D eigenvalue weighted by Gasteiger charge is -2.26. The van der Waals surface area contributed by atoms with Crippen molar-refractivity contribution >= 4 is 17.7 Å². The highest BCUT2D eigenvalue weighted by molar-refractivity contribution is 5.96. The van der Waals surface area contributed by atoms with Crippen LogP contribution in [0.3, 0.4) is 0 Å². The quantitative estimate of drug-likeness (QED) is 0.405. The number of alkyl halides is 3. The van der Waals surface area contributed by atoms with Gasteiger partial charge in [0.15, 0.2) is 0 Å². The topological polar surface area (TPSA) is 86.6 Å². The number of carboxylic acid groups (broad SMARTS) is 2. The van der Waals surface area contributed by atoms with E-state index >= 15 is 0 Å². The highest BCUT2D eigenvalue weighted by Gasteiger charge is 2.45. The van der Waals surface area contributed by atoms with Crippen molar-refractivity contribution in [1.29, 1.82) is 0 Å². The van der Waals surface area contributed by atoms with E-state index in [1.807, 2.05) is 6.92 Å². The van der Waals surface area contributed by atoms with E-state index in [1.165, 1.54) is 6.07 Å². The first-order valence-corrected chi connectivity index (χ1v) is 10.6. The van der Waals surface area contributed by atoms with Crippen LogP contribution in [0.4, 0.5) is 28.0 Å². The third kappa shape index (κ3) is 7.76. The number of anilines is 1. The minimum absolute atomic E-state index is 0.0716. The van der Waals surface area contributed by atoms with Crippen LogP contribution in [0.1, 0.15) is 49.3 Å². The Hall–Kier alpha value is -3.10. The van der Waals surface area contributed by atoms with Crippen LogP contribution in [0.2, 0.25) is 0 Å². The maximum absolute atomic E-state index is 14.8. The third-order valence-electron chi connectivity index (χ3n) is 5.59. The van der Waals surface area contributed by atoms with Crippen LogP contribution in [-0.4, -0.2) is 28.5 Å². The van der Waals surface area contributed by atoms with E-state index in [0.717, 1.165) is 31.7 Å². The van der Waals surface area contributed by atoms with Gasteiger partial charge in [-0.3, -0.25) is 4.79 Å². The van der Waals surface area contributed by atoms with Crippen molar-refractivity contribution in [2.24, 2.45) is 11.8 Å². The molecule has 2 atom stereocenters. The van der Waals surface area contributed by atoms with Gasteiger partial charge in [0, 0.05) is 0 Å². The molecule has 9 heteroatoms. The number of amides is 1. The first kappa shape index (κ1) is 26.2. The Labute approximate surface area is 189 Å². The van der Waals surface area contributed by atoms with E-state index < -0.39 is 35.9 Å². The van der Waals surface area contributed by atoms with Gasteiger partial charge < -0.3 is 15.5 Å². The predicted molar refractivity (Wildman–Crippen MR) is 116 cm³/mol. The summed E-state index contributed by atoms with van der Waals surface area (Å²) in [7, 11) is 0. The number of carbonyl (C=O) groups excluding carboxylic acids is 1. The van der Waals surface area contributed by atoms with Gasteiger partial charge in [-0.15, -0.1) is 0 Å². The summed E-state index contributed by atoms with van der Waals surface area (Å²) in [6.45, 7) is 2.92. The lowest BCUT2D eigenvalue weighted by Crippen LogP contribution is -2.34. The first-order valence-electron chi connectivity index (χ1n) is 10.6. The average Bonchev–Trinajstić information content (AvgIpc) is 3.54. The molecule has 0 bridgehead atoms. The summed E-state index contributed by atoms with van der Waals surface area (Å²) in [5.41, 5.74) is 1.64. The monoisotopic (exact) mass is 469 g/mol. The van der Waals surface area contributed by atoms with Gasteiger partial charge in [-0.2, -0.15) is 13.2 Å². The van der Waals surface area contributed by atoms with Gasteiger partial charge >= 0.3 is 12.3 Å². The molecule has 180 valence electrons. The van der Waals surface area contributed by atoms with E-state index in [1.54, 1.807) is 36.4 Å². The van der Waals surface area contributed by atoms with Crippen LogP contribution >= 0.6 is 0 Å². The maximum atomic E-state index is 14.8. The molecule has 0 heterocycles. The Morgan fingerprint density at radius 2 is 1.67 bits per heavy atom. The lowest BCUT2D eigenvalue weighted by atomic mass is 9.85. The number of benzene rings is 2. The summed E-state index contributed by atoms with van der Waals surface area (Å²) >= 11 is 0. The van der Waals surface area contributed by atoms with Gasteiger partial charge in [-0.05, 0) is 54.4 Å². The second kappa shape index (κ2) is 11.2. The van der Waals surface area contributed by atoms with Crippen molar-refractivity contribution in [2.45, 2.75) is 51.6 Å². The second-order valence-electron chi connectivity index (χ2n) is 8.10. The molecular formula is C24H27F4NO4. The zero-order valence-electron chi connectivity index (χ0n) is 18.3. The standard InChI is InChI=1S/C23H25F4NO.CH2O3/c1-3-15-9-11-17(12-10-15)20(14(2)23(25,26)27)22(29)28-19-6-4-5-18(21(19)24)13-16-7-8-16;2-1(3)4/h4-6,9-12,14,16,20H,3,7-8,13H2,1-2H3,(H,28,29);(H2,2,3,4)/t14-,20+;/m1./s1. The summed E-state index contributed by atoms with van der Waals surface area (Å²) < 4.78 is 55.2. The number of rotatable bonds is 7. The van der Waals surface area contributed by atoms with Crippen LogP contribution in [-0.2, 0) is 17.6 Å². The summed E-state index contributed by atoms with van der Waals surface area (Å²) in [6, 6.07) is 11.2. The molecule has 1 aliphatic carbocycles. The molecule has 1 amide bonds. The lowest BCUT2D eigenvalue weighted by molar-refractivity contribution is -0.178. The normalized spacial score (nSPS) is 15.1. The van der Waals surface area contributed by atoms with E-state index in [-0.39, 0.29) is 11.3 Å². The molecule has 3 N–H and O–H groups in total. The number of carbonyl (C=O) groups is 2. The molecule has 0 aliphatic heterocycles. The van der Waals surface area contributed by atoms with Gasteiger partial charge in [0.1, 0.15) is 5.82 Å². The van der Waals surface area contributed by atoms with Crippen LogP contribution in [0, 0.1) is 17.7 Å². The molecule has 33 heavy (non-hydrogen) atoms. The van der Waals surface area contributed by atoms with Gasteiger partial charge in [0.2, 0.25) is 5.91 Å². The van der Waals surface area contributed by atoms with Gasteiger partial charge in [0.05, 0.1) is 17.5 Å². The summed E-state index contributed by atoms with van der Waals surface area (Å²) in [5, 5.41) is 16.4. The molecule has 0 unspecified atom stereocenters. The van der Waals surface area contributed by atoms with E-state index in [9.17, 15) is 22.4 Å². The third-order valence-corrected chi connectivity index (χ3v) is 5.59. The molecule has 3 rings (SSSR count). The largest absolute Gasteiger partial charge is 0.503 e. The highest BCUT2D eigenvalue weighted by atomic mass is 19.4. The molecule has 0 radical (unpaired) electrons. The molecule has 2 aromatic rings. The molecule has 0 saturated heterocycles. The molecule has 0 aromatic heterocycles. The number of nitrogens with one attached hydrogen (secondary N) is 1. The minimum atomic E-state index is -4.56. The number of hydrogen-bond acceptors (Lipinski definition) is 2. The Balaban J connectivity index is 0.000000890. The van der Waals surface area contributed by atoms with Crippen LogP contribution in [0.25, 0.3) is 0 Å². The zero-order valence-corrected chi connectivity index (χ0v) is 18.3. The Kier molecular flexibility index (Phi) is 8.84. The molecule has 5 nitrogen and oxygen atoms in total. The maximum Gasteiger partial charge on any atom is 0.503 e. The fraction of sp³-hybridized carbons (Fsp3) is 0.417. The summed E-state index contributed by atoms with van der Waals surface area (Å²) in [5.74, 6) is -4.35. The fourth-order valence-electron chi connectivity index (χ4n) is 3.49. The molecule has 2 aromatic carbocycles. The Morgan fingerprint density at radius 3 is 2.15 bits per heavy atom. The number of aryl methyl sites for hydroxylation is 1. The minimum Gasteiger partial charge on any atom is -0.450 e. The summed E-state index contributed by atoms with van der Waals surface area (Å²) in [4.78, 5) is 21.4. The highest BCUT2D eigenvalue weighted by Crippen LogP contribution is 2.39. The van der Waals surface area contributed by atoms with E-state index in [2.05, 4.69) is 5.32 Å². The predicted octanol–water partition coefficient (Wildman–Crippen LogP) is 6.48. The van der Waals surface area contributed by atoms with E-state index in [0.29, 0.717) is 17.9 Å². The van der Waals surface area contributed by atoms with Crippen LogP contribution in [0.5, 0.6) is 0 Å². The first-order chi connectivity index (χ1) is 15.4. The Morgan fingerprint density at radius 1 is 1.09 bits per heavy atom. The molecule has 0 spiro atoms. The van der Waals surface area contributed by atoms with Crippen molar-refractivity contribution in [3.63, 3.8) is 0 Å². The smallest absolute Gasteiger partial charge is 0.450 e. The average molecular weight is 469 g/mol. The number of hydrogen-bond donors (Lipinski definition) is 3. The van der Waals surface area contributed by atoms with E-state index in [4.69, 9.17) is 15.0 Å². The zero-order chi connectivity index (χ0) is 24.8. The van der Waals surface area contributed by atoms with Crippen molar-refractivity contribution in [3.05, 3.63) is 65.0 Å². The fourth-order valence-corrected chi connectivity index (χ4v) is 3.49. The SMILES string of the molecule is CCc1ccc([C@@H](C(=O)Nc2cccc(CC3CC3)c2F)[C@@H](C)C(F)(F)F)cc1.O=C(O)O. The second-order valence-corrected chi connectivity index (χ2v) is 8.10. The van der Waals surface area contributed by atoms with Crippen molar-refractivity contribution in [3.8, 4) is 0 Å². The molecule has 1 saturated carbocycles. The van der Waals surface area contributed by atoms with Gasteiger partial charge in [-0.25, -0.2) is 9.18 Å². The van der Waals surface area contributed by atoms with Crippen LogP contribution in [0.15, 0.2) is 42.5 Å². The number of halogens is 4. The molecule has 1 fully saturated rings.